The Bertz CT molecular complexity index is 759. The molecule has 9 heteroatoms. The topological polar surface area (TPSA) is 66.9 Å². The minimum absolute atomic E-state index is 0.0450. The second-order valence-corrected chi connectivity index (χ2v) is 9.71. The Labute approximate surface area is 158 Å². The van der Waals surface area contributed by atoms with E-state index < -0.39 is 33.3 Å². The minimum Gasteiger partial charge on any atom is -0.444 e. The molecule has 1 aromatic rings. The lowest BCUT2D eigenvalue weighted by Gasteiger charge is -2.39. The van der Waals surface area contributed by atoms with Gasteiger partial charge in [-0.2, -0.15) is 4.31 Å². The van der Waals surface area contributed by atoms with Crippen LogP contribution in [0.25, 0.3) is 0 Å². The van der Waals surface area contributed by atoms with Gasteiger partial charge in [0.2, 0.25) is 10.0 Å². The summed E-state index contributed by atoms with van der Waals surface area (Å²) in [7, 11) is -3.77. The van der Waals surface area contributed by atoms with E-state index in [1.54, 1.807) is 27.7 Å². The van der Waals surface area contributed by atoms with Gasteiger partial charge in [0.25, 0.3) is 0 Å². The van der Waals surface area contributed by atoms with Crippen molar-refractivity contribution in [2.45, 2.75) is 45.1 Å². The second-order valence-electron chi connectivity index (χ2n) is 7.34. The van der Waals surface area contributed by atoms with Crippen molar-refractivity contribution in [3.8, 4) is 0 Å². The predicted molar refractivity (Wildman–Crippen MR) is 98.0 cm³/mol. The fourth-order valence-corrected chi connectivity index (χ4v) is 4.67. The number of sulfonamides is 1. The molecule has 146 valence electrons. The third-order valence-corrected chi connectivity index (χ3v) is 6.13. The van der Waals surface area contributed by atoms with Crippen molar-refractivity contribution < 1.29 is 22.3 Å². The SMILES string of the molecule is C[C@H]1CN(S(=O)(=O)Cc2c(F)cccc2Cl)CCN1C(=O)OC(C)(C)C. The maximum atomic E-state index is 13.9. The molecule has 0 bridgehead atoms. The molecule has 6 nitrogen and oxygen atoms in total. The van der Waals surface area contributed by atoms with Gasteiger partial charge in [-0.05, 0) is 39.8 Å². The first kappa shape index (κ1) is 20.9. The third-order valence-electron chi connectivity index (χ3n) is 4.00. The number of piperazine rings is 1. The van der Waals surface area contributed by atoms with Crippen LogP contribution in [0.4, 0.5) is 9.18 Å². The fourth-order valence-electron chi connectivity index (χ4n) is 2.71. The summed E-state index contributed by atoms with van der Waals surface area (Å²) in [5, 5.41) is 0.0778. The predicted octanol–water partition coefficient (Wildman–Crippen LogP) is 3.25. The Hall–Kier alpha value is -1.38. The third kappa shape index (κ3) is 5.08. The fraction of sp³-hybridized carbons (Fsp3) is 0.588. The lowest BCUT2D eigenvalue weighted by Crippen LogP contribution is -2.56. The zero-order valence-electron chi connectivity index (χ0n) is 15.3. The highest BCUT2D eigenvalue weighted by molar-refractivity contribution is 7.88. The zero-order valence-corrected chi connectivity index (χ0v) is 16.9. The highest BCUT2D eigenvalue weighted by Crippen LogP contribution is 2.24. The second kappa shape index (κ2) is 7.70. The Balaban J connectivity index is 2.09. The van der Waals surface area contributed by atoms with Crippen LogP contribution in [0.15, 0.2) is 18.2 Å². The van der Waals surface area contributed by atoms with Gasteiger partial charge in [-0.15, -0.1) is 0 Å². The van der Waals surface area contributed by atoms with Crippen molar-refractivity contribution in [1.82, 2.24) is 9.21 Å². The highest BCUT2D eigenvalue weighted by atomic mass is 35.5. The van der Waals surface area contributed by atoms with Gasteiger partial charge in [0.1, 0.15) is 11.4 Å². The number of hydrogen-bond donors (Lipinski definition) is 0. The van der Waals surface area contributed by atoms with Gasteiger partial charge in [0, 0.05) is 36.3 Å². The average molecular weight is 407 g/mol. The molecule has 0 aliphatic carbocycles. The van der Waals surface area contributed by atoms with Crippen LogP contribution in [0.3, 0.4) is 0 Å². The first-order valence-electron chi connectivity index (χ1n) is 8.31. The Morgan fingerprint density at radius 3 is 2.54 bits per heavy atom. The highest BCUT2D eigenvalue weighted by Gasteiger charge is 2.35. The molecule has 1 aliphatic heterocycles. The van der Waals surface area contributed by atoms with Crippen LogP contribution in [0.5, 0.6) is 0 Å². The van der Waals surface area contributed by atoms with E-state index in [1.807, 2.05) is 0 Å². The van der Waals surface area contributed by atoms with E-state index in [9.17, 15) is 17.6 Å². The lowest BCUT2D eigenvalue weighted by molar-refractivity contribution is 0.00857. The molecule has 1 fully saturated rings. The number of carbonyl (C=O) groups excluding carboxylic acids is 1. The average Bonchev–Trinajstić information content (AvgIpc) is 2.49. The standard InChI is InChI=1S/C17H24ClFN2O4S/c1-12-10-20(8-9-21(12)16(22)25-17(2,3)4)26(23,24)11-13-14(18)6-5-7-15(13)19/h5-7,12H,8-11H2,1-4H3/t12-/m0/s1. The van der Waals surface area contributed by atoms with Crippen LogP contribution in [0.2, 0.25) is 5.02 Å². The molecule has 1 amide bonds. The molecule has 2 rings (SSSR count). The Morgan fingerprint density at radius 1 is 1.35 bits per heavy atom. The van der Waals surface area contributed by atoms with E-state index in [4.69, 9.17) is 16.3 Å². The van der Waals surface area contributed by atoms with Gasteiger partial charge < -0.3 is 9.64 Å². The van der Waals surface area contributed by atoms with Crippen molar-refractivity contribution in [3.63, 3.8) is 0 Å². The first-order valence-corrected chi connectivity index (χ1v) is 10.3. The summed E-state index contributed by atoms with van der Waals surface area (Å²) >= 11 is 5.94. The molecule has 1 heterocycles. The number of rotatable bonds is 3. The molecular formula is C17H24ClFN2O4S. The number of nitrogens with zero attached hydrogens (tertiary/aromatic N) is 2. The van der Waals surface area contributed by atoms with Crippen LogP contribution in [-0.4, -0.2) is 55.0 Å². The van der Waals surface area contributed by atoms with Crippen molar-refractivity contribution in [2.75, 3.05) is 19.6 Å². The van der Waals surface area contributed by atoms with Gasteiger partial charge in [-0.3, -0.25) is 0 Å². The van der Waals surface area contributed by atoms with Crippen molar-refractivity contribution in [3.05, 3.63) is 34.6 Å². The van der Waals surface area contributed by atoms with Gasteiger partial charge in [-0.25, -0.2) is 17.6 Å². The zero-order chi connectivity index (χ0) is 19.7. The number of hydrogen-bond acceptors (Lipinski definition) is 4. The number of benzene rings is 1. The van der Waals surface area contributed by atoms with E-state index in [2.05, 4.69) is 0 Å². The van der Waals surface area contributed by atoms with Gasteiger partial charge in [0.15, 0.2) is 0 Å². The molecule has 0 radical (unpaired) electrons. The van der Waals surface area contributed by atoms with Crippen LogP contribution < -0.4 is 0 Å². The molecule has 1 atom stereocenters. The summed E-state index contributed by atoms with van der Waals surface area (Å²) in [6, 6.07) is 3.71. The molecule has 0 saturated carbocycles. The number of carbonyl (C=O) groups is 1. The van der Waals surface area contributed by atoms with Crippen molar-refractivity contribution >= 4 is 27.7 Å². The molecular weight excluding hydrogens is 383 g/mol. The van der Waals surface area contributed by atoms with Gasteiger partial charge >= 0.3 is 6.09 Å². The largest absolute Gasteiger partial charge is 0.444 e. The summed E-state index contributed by atoms with van der Waals surface area (Å²) in [4.78, 5) is 13.7. The summed E-state index contributed by atoms with van der Waals surface area (Å²) in [6.45, 7) is 7.52. The molecule has 1 saturated heterocycles. The van der Waals surface area contributed by atoms with Gasteiger partial charge in [-0.1, -0.05) is 17.7 Å². The smallest absolute Gasteiger partial charge is 0.410 e. The number of amides is 1. The van der Waals surface area contributed by atoms with E-state index in [-0.39, 0.29) is 36.3 Å². The maximum Gasteiger partial charge on any atom is 0.410 e. The van der Waals surface area contributed by atoms with E-state index >= 15 is 0 Å². The van der Waals surface area contributed by atoms with Crippen LogP contribution in [0.1, 0.15) is 33.3 Å². The summed E-state index contributed by atoms with van der Waals surface area (Å²) in [5.41, 5.74) is -0.668. The summed E-state index contributed by atoms with van der Waals surface area (Å²) in [6.07, 6.45) is -0.473. The summed E-state index contributed by atoms with van der Waals surface area (Å²) < 4.78 is 45.9. The van der Waals surface area contributed by atoms with Crippen molar-refractivity contribution in [1.29, 1.82) is 0 Å². The minimum atomic E-state index is -3.77. The molecule has 0 aromatic heterocycles. The molecule has 1 aliphatic rings. The molecule has 1 aromatic carbocycles. The number of ether oxygens (including phenoxy) is 1. The van der Waals surface area contributed by atoms with E-state index in [0.29, 0.717) is 0 Å². The summed E-state index contributed by atoms with van der Waals surface area (Å²) in [5.74, 6) is -1.17. The normalized spacial score (nSPS) is 19.5. The molecule has 0 unspecified atom stereocenters. The first-order chi connectivity index (χ1) is 11.9. The van der Waals surface area contributed by atoms with Crippen LogP contribution in [0, 0.1) is 5.82 Å². The van der Waals surface area contributed by atoms with E-state index in [1.165, 1.54) is 27.4 Å². The Kier molecular flexibility index (Phi) is 6.20. The lowest BCUT2D eigenvalue weighted by atomic mass is 10.2. The van der Waals surface area contributed by atoms with Crippen LogP contribution >= 0.6 is 11.6 Å². The van der Waals surface area contributed by atoms with E-state index in [0.717, 1.165) is 0 Å². The quantitative estimate of drug-likeness (QED) is 0.772. The van der Waals surface area contributed by atoms with Crippen LogP contribution in [-0.2, 0) is 20.5 Å². The molecule has 0 spiro atoms. The van der Waals surface area contributed by atoms with Crippen molar-refractivity contribution in [2.24, 2.45) is 0 Å². The molecule has 26 heavy (non-hydrogen) atoms. The maximum absolute atomic E-state index is 13.9. The Morgan fingerprint density at radius 2 is 2.00 bits per heavy atom. The number of halogens is 2. The monoisotopic (exact) mass is 406 g/mol. The van der Waals surface area contributed by atoms with Gasteiger partial charge in [0.05, 0.1) is 5.75 Å². The molecule has 0 N–H and O–H groups in total.